The van der Waals surface area contributed by atoms with Gasteiger partial charge in [-0.1, -0.05) is 57.0 Å². The van der Waals surface area contributed by atoms with Crippen LogP contribution in [-0.4, -0.2) is 55.3 Å². The van der Waals surface area contributed by atoms with Gasteiger partial charge in [-0.3, -0.25) is 4.84 Å². The zero-order chi connectivity index (χ0) is 18.4. The lowest BCUT2D eigenvalue weighted by Gasteiger charge is -2.33. The number of anilines is 1. The van der Waals surface area contributed by atoms with E-state index >= 15 is 0 Å². The summed E-state index contributed by atoms with van der Waals surface area (Å²) < 4.78 is 0. The number of hydrogen-bond donors (Lipinski definition) is 1. The maximum Gasteiger partial charge on any atom is 0.223 e. The third kappa shape index (κ3) is 5.74. The smallest absolute Gasteiger partial charge is 0.223 e. The summed E-state index contributed by atoms with van der Waals surface area (Å²) in [4.78, 5) is 12.9. The van der Waals surface area contributed by atoms with Crippen LogP contribution < -0.4 is 5.32 Å². The highest BCUT2D eigenvalue weighted by Gasteiger charge is 2.26. The van der Waals surface area contributed by atoms with Crippen LogP contribution in [0.5, 0.6) is 0 Å². The largest absolute Gasteiger partial charge is 0.322 e. The minimum Gasteiger partial charge on any atom is -0.322 e. The van der Waals surface area contributed by atoms with Gasteiger partial charge in [0.05, 0.1) is 35.4 Å². The fraction of sp³-hybridized carbons (Fsp3) is 0.611. The third-order valence-electron chi connectivity index (χ3n) is 4.16. The van der Waals surface area contributed by atoms with E-state index in [0.717, 1.165) is 19.6 Å². The number of hydroxylamine groups is 2. The van der Waals surface area contributed by atoms with Gasteiger partial charge in [-0.25, -0.2) is 10.1 Å². The Morgan fingerprint density at radius 1 is 1.24 bits per heavy atom. The predicted octanol–water partition coefficient (Wildman–Crippen LogP) is 4.38. The van der Waals surface area contributed by atoms with Crippen molar-refractivity contribution in [3.63, 3.8) is 0 Å². The molecule has 0 aromatic heterocycles. The Balaban J connectivity index is 1.95. The Labute approximate surface area is 160 Å². The molecule has 0 atom stereocenters. The summed E-state index contributed by atoms with van der Waals surface area (Å²) in [6, 6.07) is 5.41. The predicted molar refractivity (Wildman–Crippen MR) is 107 cm³/mol. The van der Waals surface area contributed by atoms with Crippen molar-refractivity contribution in [3.05, 3.63) is 28.2 Å². The molecule has 1 aliphatic rings. The molecule has 0 bridgehead atoms. The highest BCUT2D eigenvalue weighted by molar-refractivity contribution is 6.39. The molecule has 1 aromatic carbocycles. The number of rotatable bonds is 8. The molecule has 0 radical (unpaired) electrons. The molecule has 5 nitrogen and oxygen atoms in total. The third-order valence-corrected chi connectivity index (χ3v) is 4.79. The summed E-state index contributed by atoms with van der Waals surface area (Å²) in [7, 11) is 0. The van der Waals surface area contributed by atoms with Gasteiger partial charge in [-0.05, 0) is 25.2 Å². The van der Waals surface area contributed by atoms with Gasteiger partial charge in [0.2, 0.25) is 5.96 Å². The molecule has 0 amide bonds. The Bertz CT molecular complexity index is 582. The molecule has 0 saturated heterocycles. The Morgan fingerprint density at radius 2 is 1.88 bits per heavy atom. The molecule has 1 aliphatic heterocycles. The Kier molecular flexibility index (Phi) is 7.37. The number of para-hydroxylation sites is 1. The molecule has 0 fully saturated rings. The highest BCUT2D eigenvalue weighted by atomic mass is 35.5. The van der Waals surface area contributed by atoms with Crippen LogP contribution in [-0.2, 0) is 4.84 Å². The number of benzene rings is 1. The number of guanidine groups is 1. The normalized spacial score (nSPS) is 15.0. The second-order valence-electron chi connectivity index (χ2n) is 6.93. The van der Waals surface area contributed by atoms with Crippen molar-refractivity contribution < 1.29 is 4.84 Å². The Hall–Kier alpha value is -1.01. The summed E-state index contributed by atoms with van der Waals surface area (Å²) in [5.41, 5.74) is 0.698. The number of hydrogen-bond acceptors (Lipinski definition) is 5. The maximum absolute atomic E-state index is 6.23. The van der Waals surface area contributed by atoms with E-state index in [1.807, 2.05) is 6.07 Å². The van der Waals surface area contributed by atoms with Gasteiger partial charge >= 0.3 is 0 Å². The molecular formula is C18H28Cl2N4O. The summed E-state index contributed by atoms with van der Waals surface area (Å²) in [6.45, 7) is 13.9. The molecule has 140 valence electrons. The van der Waals surface area contributed by atoms with Crippen molar-refractivity contribution in [1.29, 1.82) is 0 Å². The first-order valence-electron chi connectivity index (χ1n) is 8.74. The minimum atomic E-state index is 0.0434. The zero-order valence-corrected chi connectivity index (χ0v) is 17.0. The number of aliphatic imine (C=N–C) groups is 1. The van der Waals surface area contributed by atoms with Crippen LogP contribution >= 0.6 is 23.2 Å². The molecule has 1 N–H and O–H groups in total. The summed E-state index contributed by atoms with van der Waals surface area (Å²) in [5.74, 6) is 0.647. The first-order valence-corrected chi connectivity index (χ1v) is 9.50. The van der Waals surface area contributed by atoms with Crippen molar-refractivity contribution in [2.75, 3.05) is 44.6 Å². The fourth-order valence-corrected chi connectivity index (χ4v) is 3.23. The lowest BCUT2D eigenvalue weighted by molar-refractivity contribution is -0.124. The first kappa shape index (κ1) is 20.3. The topological polar surface area (TPSA) is 40.1 Å². The summed E-state index contributed by atoms with van der Waals surface area (Å²) in [5, 5.41) is 6.12. The average Bonchev–Trinajstić information content (AvgIpc) is 3.01. The summed E-state index contributed by atoms with van der Waals surface area (Å²) in [6.07, 6.45) is 0. The van der Waals surface area contributed by atoms with Crippen LogP contribution in [0.25, 0.3) is 0 Å². The quantitative estimate of drug-likeness (QED) is 0.719. The van der Waals surface area contributed by atoms with Gasteiger partial charge < -0.3 is 10.2 Å². The fourth-order valence-electron chi connectivity index (χ4n) is 2.74. The van der Waals surface area contributed by atoms with E-state index in [4.69, 9.17) is 28.0 Å². The van der Waals surface area contributed by atoms with E-state index < -0.39 is 0 Å². The lowest BCUT2D eigenvalue weighted by Crippen LogP contribution is -2.41. The average molecular weight is 387 g/mol. The molecule has 2 rings (SSSR count). The molecule has 0 saturated carbocycles. The van der Waals surface area contributed by atoms with Gasteiger partial charge in [0.15, 0.2) is 0 Å². The van der Waals surface area contributed by atoms with Crippen molar-refractivity contribution in [1.82, 2.24) is 9.96 Å². The van der Waals surface area contributed by atoms with E-state index in [2.05, 4.69) is 42.9 Å². The van der Waals surface area contributed by atoms with Crippen LogP contribution in [0.1, 0.15) is 27.7 Å². The van der Waals surface area contributed by atoms with E-state index in [0.29, 0.717) is 41.4 Å². The zero-order valence-electron chi connectivity index (χ0n) is 15.5. The van der Waals surface area contributed by atoms with E-state index in [1.165, 1.54) is 0 Å². The van der Waals surface area contributed by atoms with Gasteiger partial charge in [-0.15, -0.1) is 0 Å². The van der Waals surface area contributed by atoms with Crippen LogP contribution in [0.15, 0.2) is 23.2 Å². The van der Waals surface area contributed by atoms with Crippen molar-refractivity contribution in [3.8, 4) is 0 Å². The van der Waals surface area contributed by atoms with Crippen LogP contribution in [0, 0.1) is 5.41 Å². The molecule has 0 spiro atoms. The van der Waals surface area contributed by atoms with Crippen molar-refractivity contribution in [2.24, 2.45) is 10.4 Å². The maximum atomic E-state index is 6.23. The molecule has 0 aliphatic carbocycles. The SMILES string of the molecule is CCN(CC)CC(C)(C)CON1CCN=C1Nc1c(Cl)cccc1Cl. The molecule has 7 heteroatoms. The van der Waals surface area contributed by atoms with Gasteiger partial charge in [0.1, 0.15) is 0 Å². The number of nitrogens with one attached hydrogen (secondary N) is 1. The minimum absolute atomic E-state index is 0.0434. The second kappa shape index (κ2) is 9.08. The van der Waals surface area contributed by atoms with Crippen LogP contribution in [0.3, 0.4) is 0 Å². The van der Waals surface area contributed by atoms with E-state index in [-0.39, 0.29) is 5.41 Å². The molecule has 1 heterocycles. The van der Waals surface area contributed by atoms with Gasteiger partial charge in [0.25, 0.3) is 0 Å². The van der Waals surface area contributed by atoms with Gasteiger partial charge in [0, 0.05) is 12.0 Å². The van der Waals surface area contributed by atoms with Crippen molar-refractivity contribution >= 4 is 34.8 Å². The highest BCUT2D eigenvalue weighted by Crippen LogP contribution is 2.30. The monoisotopic (exact) mass is 386 g/mol. The van der Waals surface area contributed by atoms with Crippen LogP contribution in [0.2, 0.25) is 10.0 Å². The van der Waals surface area contributed by atoms with E-state index in [9.17, 15) is 0 Å². The first-order chi connectivity index (χ1) is 11.9. The van der Waals surface area contributed by atoms with Crippen molar-refractivity contribution in [2.45, 2.75) is 27.7 Å². The van der Waals surface area contributed by atoms with Crippen LogP contribution in [0.4, 0.5) is 5.69 Å². The van der Waals surface area contributed by atoms with E-state index in [1.54, 1.807) is 17.2 Å². The number of halogens is 2. The Morgan fingerprint density at radius 3 is 2.48 bits per heavy atom. The van der Waals surface area contributed by atoms with Gasteiger partial charge in [-0.2, -0.15) is 0 Å². The summed E-state index contributed by atoms with van der Waals surface area (Å²) >= 11 is 12.5. The number of nitrogens with zero attached hydrogens (tertiary/aromatic N) is 3. The molecule has 0 unspecified atom stereocenters. The molecule has 25 heavy (non-hydrogen) atoms. The lowest BCUT2D eigenvalue weighted by atomic mass is 9.94. The standard InChI is InChI=1S/C18H28Cl2N4O/c1-5-23(6-2)12-18(3,4)13-25-24-11-10-21-17(24)22-16-14(19)8-7-9-15(16)20/h7-9H,5-6,10-13H2,1-4H3,(H,21,22). The second-order valence-corrected chi connectivity index (χ2v) is 7.74. The molecular weight excluding hydrogens is 359 g/mol. The molecule has 1 aromatic rings.